The fraction of sp³-hybridized carbons (Fsp3) is 0.200. The molecule has 3 heteroatoms. The van der Waals surface area contributed by atoms with Crippen LogP contribution in [-0.4, -0.2) is 12.2 Å². The second kappa shape index (κ2) is 5.10. The van der Waals surface area contributed by atoms with E-state index in [0.717, 1.165) is 28.1 Å². The maximum Gasteiger partial charge on any atom is 0.118 e. The summed E-state index contributed by atoms with van der Waals surface area (Å²) in [6.45, 7) is 1.93. The number of nitrogen functional groups attached to an aromatic ring is 1. The third-order valence-corrected chi connectivity index (χ3v) is 3.04. The molecular formula is C15H17NO2. The normalized spacial score (nSPS) is 12.2. The van der Waals surface area contributed by atoms with E-state index in [4.69, 9.17) is 10.5 Å². The SMILES string of the molecule is COc1ccc(C(O)c2ccc(N)c(C)c2)cc1. The van der Waals surface area contributed by atoms with E-state index in [2.05, 4.69) is 0 Å². The Hall–Kier alpha value is -2.00. The number of aliphatic hydroxyl groups is 1. The fourth-order valence-corrected chi connectivity index (χ4v) is 1.85. The Kier molecular flexibility index (Phi) is 3.53. The molecule has 0 heterocycles. The van der Waals surface area contributed by atoms with E-state index in [1.54, 1.807) is 7.11 Å². The van der Waals surface area contributed by atoms with Crippen LogP contribution < -0.4 is 10.5 Å². The number of hydrogen-bond donors (Lipinski definition) is 2. The highest BCUT2D eigenvalue weighted by atomic mass is 16.5. The predicted molar refractivity (Wildman–Crippen MR) is 72.6 cm³/mol. The number of aliphatic hydroxyl groups excluding tert-OH is 1. The number of benzene rings is 2. The Morgan fingerprint density at radius 2 is 1.67 bits per heavy atom. The summed E-state index contributed by atoms with van der Waals surface area (Å²) in [5, 5.41) is 10.3. The maximum absolute atomic E-state index is 10.3. The average molecular weight is 243 g/mol. The molecule has 3 N–H and O–H groups in total. The second-order valence-electron chi connectivity index (χ2n) is 4.29. The minimum atomic E-state index is -0.643. The van der Waals surface area contributed by atoms with Gasteiger partial charge in [-0.1, -0.05) is 24.3 Å². The van der Waals surface area contributed by atoms with Crippen molar-refractivity contribution in [2.24, 2.45) is 0 Å². The molecule has 0 saturated heterocycles. The first-order chi connectivity index (χ1) is 8.61. The molecule has 18 heavy (non-hydrogen) atoms. The van der Waals surface area contributed by atoms with Gasteiger partial charge in [0.15, 0.2) is 0 Å². The van der Waals surface area contributed by atoms with Gasteiger partial charge in [-0.05, 0) is 41.8 Å². The maximum atomic E-state index is 10.3. The lowest BCUT2D eigenvalue weighted by Crippen LogP contribution is -2.01. The molecule has 2 rings (SSSR count). The highest BCUT2D eigenvalue weighted by Crippen LogP contribution is 2.26. The van der Waals surface area contributed by atoms with Crippen molar-refractivity contribution in [2.45, 2.75) is 13.0 Å². The van der Waals surface area contributed by atoms with Gasteiger partial charge in [-0.2, -0.15) is 0 Å². The smallest absolute Gasteiger partial charge is 0.118 e. The van der Waals surface area contributed by atoms with Gasteiger partial charge in [0.25, 0.3) is 0 Å². The van der Waals surface area contributed by atoms with E-state index in [9.17, 15) is 5.11 Å². The van der Waals surface area contributed by atoms with Crippen LogP contribution in [0.1, 0.15) is 22.8 Å². The van der Waals surface area contributed by atoms with Crippen LogP contribution in [0.15, 0.2) is 42.5 Å². The minimum absolute atomic E-state index is 0.643. The number of nitrogens with two attached hydrogens (primary N) is 1. The quantitative estimate of drug-likeness (QED) is 0.815. The summed E-state index contributed by atoms with van der Waals surface area (Å²) in [6, 6.07) is 13.0. The molecule has 0 aliphatic heterocycles. The number of anilines is 1. The standard InChI is InChI=1S/C15H17NO2/c1-10-9-12(5-8-14(10)16)15(17)11-3-6-13(18-2)7-4-11/h3-9,15,17H,16H2,1-2H3. The molecule has 3 nitrogen and oxygen atoms in total. The molecule has 1 atom stereocenters. The van der Waals surface area contributed by atoms with Crippen LogP contribution >= 0.6 is 0 Å². The highest BCUT2D eigenvalue weighted by molar-refractivity contribution is 5.49. The van der Waals surface area contributed by atoms with Gasteiger partial charge in [-0.3, -0.25) is 0 Å². The monoisotopic (exact) mass is 243 g/mol. The van der Waals surface area contributed by atoms with Gasteiger partial charge >= 0.3 is 0 Å². The van der Waals surface area contributed by atoms with E-state index in [-0.39, 0.29) is 0 Å². The Bertz CT molecular complexity index is 535. The number of methoxy groups -OCH3 is 1. The summed E-state index contributed by atoms with van der Waals surface area (Å²) in [5.41, 5.74) is 9.15. The third kappa shape index (κ3) is 2.46. The van der Waals surface area contributed by atoms with Crippen LogP contribution in [0.3, 0.4) is 0 Å². The molecule has 0 aliphatic carbocycles. The minimum Gasteiger partial charge on any atom is -0.497 e. The van der Waals surface area contributed by atoms with Crippen LogP contribution in [0.5, 0.6) is 5.75 Å². The van der Waals surface area contributed by atoms with Gasteiger partial charge < -0.3 is 15.6 Å². The molecule has 0 bridgehead atoms. The molecule has 0 fully saturated rings. The van der Waals surface area contributed by atoms with E-state index in [1.807, 2.05) is 49.4 Å². The van der Waals surface area contributed by atoms with Crippen molar-refractivity contribution in [3.05, 3.63) is 59.2 Å². The van der Waals surface area contributed by atoms with Gasteiger partial charge in [0.05, 0.1) is 7.11 Å². The van der Waals surface area contributed by atoms with E-state index >= 15 is 0 Å². The van der Waals surface area contributed by atoms with Crippen molar-refractivity contribution >= 4 is 5.69 Å². The Balaban J connectivity index is 2.28. The Morgan fingerprint density at radius 1 is 1.06 bits per heavy atom. The Labute approximate surface area is 107 Å². The molecule has 0 saturated carbocycles. The molecule has 1 unspecified atom stereocenters. The molecule has 0 aromatic heterocycles. The zero-order chi connectivity index (χ0) is 13.1. The lowest BCUT2D eigenvalue weighted by molar-refractivity contribution is 0.220. The summed E-state index contributed by atoms with van der Waals surface area (Å²) in [6.07, 6.45) is -0.643. The number of aryl methyl sites for hydroxylation is 1. The largest absolute Gasteiger partial charge is 0.497 e. The van der Waals surface area contributed by atoms with Crippen LogP contribution in [0, 0.1) is 6.92 Å². The molecule has 0 radical (unpaired) electrons. The van der Waals surface area contributed by atoms with Crippen LogP contribution in [-0.2, 0) is 0 Å². The summed E-state index contributed by atoms with van der Waals surface area (Å²) >= 11 is 0. The molecule has 0 aliphatic rings. The summed E-state index contributed by atoms with van der Waals surface area (Å²) in [5.74, 6) is 0.777. The van der Waals surface area contributed by atoms with Crippen molar-refractivity contribution < 1.29 is 9.84 Å². The molecule has 2 aromatic rings. The van der Waals surface area contributed by atoms with Gasteiger partial charge in [0.1, 0.15) is 11.9 Å². The molecule has 0 spiro atoms. The first kappa shape index (κ1) is 12.5. The lowest BCUT2D eigenvalue weighted by Gasteiger charge is -2.13. The summed E-state index contributed by atoms with van der Waals surface area (Å²) in [7, 11) is 1.62. The van der Waals surface area contributed by atoms with Crippen molar-refractivity contribution in [2.75, 3.05) is 12.8 Å². The zero-order valence-corrected chi connectivity index (χ0v) is 10.6. The van der Waals surface area contributed by atoms with Crippen molar-refractivity contribution in [1.82, 2.24) is 0 Å². The first-order valence-corrected chi connectivity index (χ1v) is 5.80. The Morgan fingerprint density at radius 3 is 2.22 bits per heavy atom. The lowest BCUT2D eigenvalue weighted by atomic mass is 9.99. The summed E-state index contributed by atoms with van der Waals surface area (Å²) < 4.78 is 5.09. The predicted octanol–water partition coefficient (Wildman–Crippen LogP) is 2.67. The number of hydrogen-bond acceptors (Lipinski definition) is 3. The van der Waals surface area contributed by atoms with E-state index in [0.29, 0.717) is 0 Å². The highest BCUT2D eigenvalue weighted by Gasteiger charge is 2.11. The van der Waals surface area contributed by atoms with Crippen molar-refractivity contribution in [1.29, 1.82) is 0 Å². The molecule has 2 aromatic carbocycles. The first-order valence-electron chi connectivity index (χ1n) is 5.80. The van der Waals surface area contributed by atoms with Crippen LogP contribution in [0.4, 0.5) is 5.69 Å². The fourth-order valence-electron chi connectivity index (χ4n) is 1.85. The average Bonchev–Trinajstić information content (AvgIpc) is 2.41. The molecule has 94 valence electrons. The van der Waals surface area contributed by atoms with Gasteiger partial charge in [0, 0.05) is 5.69 Å². The van der Waals surface area contributed by atoms with Crippen molar-refractivity contribution in [3.63, 3.8) is 0 Å². The van der Waals surface area contributed by atoms with Gasteiger partial charge in [0.2, 0.25) is 0 Å². The van der Waals surface area contributed by atoms with E-state index < -0.39 is 6.10 Å². The number of ether oxygens (including phenoxy) is 1. The van der Waals surface area contributed by atoms with Gasteiger partial charge in [-0.15, -0.1) is 0 Å². The van der Waals surface area contributed by atoms with Gasteiger partial charge in [-0.25, -0.2) is 0 Å². The number of rotatable bonds is 3. The topological polar surface area (TPSA) is 55.5 Å². The van der Waals surface area contributed by atoms with E-state index in [1.165, 1.54) is 0 Å². The summed E-state index contributed by atoms with van der Waals surface area (Å²) in [4.78, 5) is 0. The zero-order valence-electron chi connectivity index (χ0n) is 10.6. The van der Waals surface area contributed by atoms with Crippen LogP contribution in [0.25, 0.3) is 0 Å². The van der Waals surface area contributed by atoms with Crippen LogP contribution in [0.2, 0.25) is 0 Å². The molecule has 0 amide bonds. The second-order valence-corrected chi connectivity index (χ2v) is 4.29. The molecular weight excluding hydrogens is 226 g/mol. The van der Waals surface area contributed by atoms with Crippen molar-refractivity contribution in [3.8, 4) is 5.75 Å². The third-order valence-electron chi connectivity index (χ3n) is 3.04.